The molecule has 0 amide bonds. The Morgan fingerprint density at radius 1 is 0.260 bits per heavy atom. The molecule has 0 saturated heterocycles. The fourth-order valence-corrected chi connectivity index (χ4v) is 5.94. The number of rotatable bonds is 4. The lowest BCUT2D eigenvalue weighted by Crippen LogP contribution is -1.93. The van der Waals surface area contributed by atoms with Crippen LogP contribution in [0.5, 0.6) is 0 Å². The molecular formula is C50H32. The van der Waals surface area contributed by atoms with Crippen LogP contribution >= 0.6 is 0 Å². The second kappa shape index (κ2) is 11.6. The lowest BCUT2D eigenvalue weighted by Gasteiger charge is -2.20. The molecule has 0 aliphatic rings. The fourth-order valence-electron chi connectivity index (χ4n) is 5.94. The molecule has 0 fully saturated rings. The van der Waals surface area contributed by atoms with E-state index in [0.29, 0.717) is 0 Å². The van der Waals surface area contributed by atoms with Crippen LogP contribution in [0.3, 0.4) is 0 Å². The summed E-state index contributed by atoms with van der Waals surface area (Å²) in [4.78, 5) is 0. The maximum absolute atomic E-state index is 9.99. The molecular weight excluding hydrogens is 601 g/mol. The van der Waals surface area contributed by atoms with E-state index in [1.807, 2.05) is 0 Å². The lowest BCUT2D eigenvalue weighted by atomic mass is 9.83. The van der Waals surface area contributed by atoms with Gasteiger partial charge in [-0.05, 0) is 129 Å². The van der Waals surface area contributed by atoms with Gasteiger partial charge in [0.25, 0.3) is 0 Å². The number of hydrogen-bond donors (Lipinski definition) is 0. The van der Waals surface area contributed by atoms with E-state index < -0.39 is 286 Å². The third-order valence-electron chi connectivity index (χ3n) is 8.05. The molecule has 0 atom stereocenters. The molecule has 0 bridgehead atoms. The van der Waals surface area contributed by atoms with Crippen LogP contribution < -0.4 is 0 Å². The van der Waals surface area contributed by atoms with Crippen LogP contribution in [0.4, 0.5) is 0 Å². The van der Waals surface area contributed by atoms with Crippen LogP contribution in [-0.2, 0) is 0 Å². The first-order chi connectivity index (χ1) is 37.7. The van der Waals surface area contributed by atoms with E-state index in [4.69, 9.17) is 23.3 Å². The second-order valence-corrected chi connectivity index (χ2v) is 10.8. The predicted octanol–water partition coefficient (Wildman–Crippen LogP) is 14.1. The molecule has 232 valence electrons. The third-order valence-corrected chi connectivity index (χ3v) is 8.05. The van der Waals surface area contributed by atoms with Gasteiger partial charge in [-0.2, -0.15) is 0 Å². The maximum Gasteiger partial charge on any atom is 0.0636 e. The zero-order valence-electron chi connectivity index (χ0n) is 56.1. The van der Waals surface area contributed by atoms with Gasteiger partial charge in [0.05, 0.1) is 42.5 Å². The van der Waals surface area contributed by atoms with Crippen molar-refractivity contribution in [3.8, 4) is 44.5 Å². The van der Waals surface area contributed by atoms with Gasteiger partial charge in [-0.3, -0.25) is 0 Å². The molecule has 0 heterocycles. The van der Waals surface area contributed by atoms with Crippen molar-refractivity contribution in [1.82, 2.24) is 0 Å². The second-order valence-electron chi connectivity index (χ2n) is 10.8. The van der Waals surface area contributed by atoms with Crippen molar-refractivity contribution in [3.05, 3.63) is 193 Å². The largest absolute Gasteiger partial charge is 0.0636 e. The SMILES string of the molecule is [2H]c1cc([2H])c(-c2c([2H])c(-c3c([2H])c([2H])c([2H])c([2H])c3[2H])c([2H])c(-c3c4c([2H])c([2H])c([2H])c([2H])c4c(-c4c([2H])c([2H])c([2H])c5c4c([2H])c([2H])c4c([2H])c6c([2H])c([2H])c([2H])c([2H])c6c([2H])c45)c4c([2H])c([2H])c([2H])c([2H])c34)c2[2H])c([2H])c1[2H]. The smallest absolute Gasteiger partial charge is 0.0622 e. The van der Waals surface area contributed by atoms with E-state index in [1.165, 1.54) is 0 Å². The Kier molecular flexibility index (Phi) is 2.61. The summed E-state index contributed by atoms with van der Waals surface area (Å²) in [6, 6.07) is -29.7. The molecule has 0 heteroatoms. The average molecular weight is 664 g/mol. The molecule has 0 aromatic heterocycles. The van der Waals surface area contributed by atoms with Crippen molar-refractivity contribution >= 4 is 53.9 Å². The van der Waals surface area contributed by atoms with E-state index in [0.717, 1.165) is 6.07 Å². The van der Waals surface area contributed by atoms with Gasteiger partial charge in [-0.25, -0.2) is 0 Å². The van der Waals surface area contributed by atoms with E-state index in [1.54, 1.807) is 0 Å². The molecule has 10 rings (SSSR count). The average Bonchev–Trinajstić information content (AvgIpc) is 1.74. The number of hydrogen-bond acceptors (Lipinski definition) is 0. The van der Waals surface area contributed by atoms with Crippen molar-refractivity contribution in [2.45, 2.75) is 0 Å². The topological polar surface area (TPSA) is 0 Å². The van der Waals surface area contributed by atoms with Crippen molar-refractivity contribution in [1.29, 1.82) is 0 Å². The van der Waals surface area contributed by atoms with Crippen molar-refractivity contribution in [2.24, 2.45) is 0 Å². The summed E-state index contributed by atoms with van der Waals surface area (Å²) in [5, 5.41) is -7.32. The zero-order valence-corrected chi connectivity index (χ0v) is 25.1. The fraction of sp³-hybridized carbons (Fsp3) is 0. The van der Waals surface area contributed by atoms with Gasteiger partial charge in [0.15, 0.2) is 0 Å². The molecule has 0 aliphatic heterocycles. The Bertz CT molecular complexity index is 4590. The highest BCUT2D eigenvalue weighted by molar-refractivity contribution is 6.25. The summed E-state index contributed by atoms with van der Waals surface area (Å²) >= 11 is 0. The van der Waals surface area contributed by atoms with E-state index in [2.05, 4.69) is 0 Å². The summed E-state index contributed by atoms with van der Waals surface area (Å²) in [6.45, 7) is 0. The predicted molar refractivity (Wildman–Crippen MR) is 216 cm³/mol. The summed E-state index contributed by atoms with van der Waals surface area (Å²) in [5.74, 6) is 0. The normalized spacial score (nSPS) is 20.3. The quantitative estimate of drug-likeness (QED) is 0.130. The van der Waals surface area contributed by atoms with Gasteiger partial charge >= 0.3 is 0 Å². The highest BCUT2D eigenvalue weighted by Gasteiger charge is 2.19. The zero-order chi connectivity index (χ0) is 60.0. The Morgan fingerprint density at radius 3 is 1.50 bits per heavy atom. The van der Waals surface area contributed by atoms with Crippen LogP contribution in [0.2, 0.25) is 0 Å². The minimum absolute atomic E-state index is 0.550. The standard InChI is InChI=1S/C50H32/c1-3-14-33(15-4-1)38-29-39(34-16-5-2-6-17-34)31-40(30-38)49-44-20-9-11-22-46(44)50(47-23-12-10-21-45(47)49)43-25-13-24-41-42(43)27-26-37-28-35-18-7-8-19-36(35)32-48(37)41/h1-32H/i1D,2D,3D,4D,5D,7D,8D,9D,10D,11D,12D,13D,14D,15D,16D,17D,18D,19D,20D,21D,22D,23D,24D,25D,26D,27D,28D,29D,30D,31D,32D. The highest BCUT2D eigenvalue weighted by Crippen LogP contribution is 2.47. The molecule has 0 N–H and O–H groups in total. The van der Waals surface area contributed by atoms with Crippen LogP contribution in [0.25, 0.3) is 98.4 Å². The molecule has 10 aromatic carbocycles. The minimum atomic E-state index is -1.17. The van der Waals surface area contributed by atoms with Gasteiger partial charge < -0.3 is 0 Å². The highest BCUT2D eigenvalue weighted by atomic mass is 14.2. The Hall–Kier alpha value is -6.50. The van der Waals surface area contributed by atoms with Crippen LogP contribution in [-0.4, -0.2) is 0 Å². The molecule has 0 unspecified atom stereocenters. The first-order valence-electron chi connectivity index (χ1n) is 30.3. The van der Waals surface area contributed by atoms with E-state index >= 15 is 0 Å². The van der Waals surface area contributed by atoms with Crippen molar-refractivity contribution in [2.75, 3.05) is 0 Å². The molecule has 10 aromatic rings. The summed E-state index contributed by atoms with van der Waals surface area (Å²) in [5.41, 5.74) is -7.06. The van der Waals surface area contributed by atoms with Crippen LogP contribution in [0.15, 0.2) is 193 Å². The molecule has 0 radical (unpaired) electrons. The third kappa shape index (κ3) is 4.61. The Labute approximate surface area is 335 Å². The van der Waals surface area contributed by atoms with Crippen molar-refractivity contribution in [3.63, 3.8) is 0 Å². The number of fused-ring (bicyclic) bond motifs is 6. The molecule has 50 heavy (non-hydrogen) atoms. The first-order valence-corrected chi connectivity index (χ1v) is 14.8. The van der Waals surface area contributed by atoms with E-state index in [-0.39, 0.29) is 0 Å². The Balaban J connectivity index is 1.58. The summed E-state index contributed by atoms with van der Waals surface area (Å²) < 4.78 is 283. The minimum Gasteiger partial charge on any atom is -0.0622 e. The van der Waals surface area contributed by atoms with E-state index in [9.17, 15) is 19.2 Å². The van der Waals surface area contributed by atoms with Gasteiger partial charge in [0.2, 0.25) is 0 Å². The molecule has 0 saturated carbocycles. The summed E-state index contributed by atoms with van der Waals surface area (Å²) in [6.07, 6.45) is 0. The number of benzene rings is 10. The van der Waals surface area contributed by atoms with Gasteiger partial charge in [-0.1, -0.05) is 163 Å². The lowest BCUT2D eigenvalue weighted by molar-refractivity contribution is 1.58. The van der Waals surface area contributed by atoms with Crippen LogP contribution in [0, 0.1) is 0 Å². The van der Waals surface area contributed by atoms with Gasteiger partial charge in [-0.15, -0.1) is 0 Å². The van der Waals surface area contributed by atoms with Crippen LogP contribution in [0.1, 0.15) is 42.5 Å². The maximum atomic E-state index is 9.99. The monoisotopic (exact) mass is 663 g/mol. The van der Waals surface area contributed by atoms with Gasteiger partial charge in [0, 0.05) is 0 Å². The molecule has 0 spiro atoms. The van der Waals surface area contributed by atoms with Gasteiger partial charge in [0.1, 0.15) is 0 Å². The first kappa shape index (κ1) is 11.3. The molecule has 0 aliphatic carbocycles. The summed E-state index contributed by atoms with van der Waals surface area (Å²) in [7, 11) is 0. The Morgan fingerprint density at radius 2 is 0.800 bits per heavy atom. The molecule has 0 nitrogen and oxygen atoms in total. The van der Waals surface area contributed by atoms with Crippen molar-refractivity contribution < 1.29 is 42.5 Å².